The van der Waals surface area contributed by atoms with E-state index in [1.165, 1.54) is 6.04 Å². The maximum atomic E-state index is 13.0. The molecule has 6 nitrogen and oxygen atoms in total. The molecule has 3 rings (SSSR count). The van der Waals surface area contributed by atoms with Crippen molar-refractivity contribution < 1.29 is 9.53 Å². The number of hydrogen-bond acceptors (Lipinski definition) is 4. The number of aromatic nitrogens is 2. The summed E-state index contributed by atoms with van der Waals surface area (Å²) in [5, 5.41) is 15.9. The summed E-state index contributed by atoms with van der Waals surface area (Å²) in [6.45, 7) is 18.3. The maximum Gasteiger partial charge on any atom is 0.410 e. The van der Waals surface area contributed by atoms with E-state index in [0.29, 0.717) is 34.4 Å². The molecule has 0 N–H and O–H groups in total. The van der Waals surface area contributed by atoms with Crippen LogP contribution in [0.4, 0.5) is 4.79 Å². The van der Waals surface area contributed by atoms with Gasteiger partial charge < -0.3 is 9.64 Å². The predicted octanol–water partition coefficient (Wildman–Crippen LogP) is 7.66. The average molecular weight is 515 g/mol. The zero-order valence-electron chi connectivity index (χ0n) is 22.4. The molecule has 190 valence electrons. The summed E-state index contributed by atoms with van der Waals surface area (Å²) in [5.74, 6) is 0. The standard InChI is InChI=1S/C27H39ClN4O2Si/c1-26(2,3)34-25(33)31-17-21(13-10-14-35(7,8)27(4,5)6)32-23(18-31)22(16-29)24(30-32)19-11-9-12-20(28)15-19/h9,11-12,15,21H,10,13-14,17-18H2,1-8H3. The first-order valence-electron chi connectivity index (χ1n) is 12.4. The van der Waals surface area contributed by atoms with Crippen molar-refractivity contribution in [2.45, 2.75) is 96.7 Å². The quantitative estimate of drug-likeness (QED) is 0.384. The summed E-state index contributed by atoms with van der Waals surface area (Å²) in [6.07, 6.45) is 1.59. The van der Waals surface area contributed by atoms with Gasteiger partial charge in [0.05, 0.1) is 26.4 Å². The molecule has 0 saturated heterocycles. The molecule has 1 aliphatic rings. The van der Waals surface area contributed by atoms with Gasteiger partial charge in [0.25, 0.3) is 0 Å². The molecule has 0 fully saturated rings. The molecule has 35 heavy (non-hydrogen) atoms. The third-order valence-electron chi connectivity index (χ3n) is 7.36. The van der Waals surface area contributed by atoms with Crippen molar-refractivity contribution in [1.29, 1.82) is 5.26 Å². The lowest BCUT2D eigenvalue weighted by Crippen LogP contribution is -2.44. The van der Waals surface area contributed by atoms with Gasteiger partial charge in [-0.05, 0) is 44.4 Å². The second-order valence-corrected chi connectivity index (χ2v) is 18.5. The van der Waals surface area contributed by atoms with Gasteiger partial charge in [0, 0.05) is 17.1 Å². The Morgan fingerprint density at radius 1 is 1.26 bits per heavy atom. The van der Waals surface area contributed by atoms with Crippen LogP contribution < -0.4 is 0 Å². The van der Waals surface area contributed by atoms with Gasteiger partial charge in [-0.1, -0.05) is 70.1 Å². The van der Waals surface area contributed by atoms with Gasteiger partial charge in [-0.15, -0.1) is 0 Å². The zero-order valence-corrected chi connectivity index (χ0v) is 24.2. The lowest BCUT2D eigenvalue weighted by atomic mass is 10.0. The van der Waals surface area contributed by atoms with Gasteiger partial charge in [0.2, 0.25) is 0 Å². The van der Waals surface area contributed by atoms with E-state index in [9.17, 15) is 10.1 Å². The second kappa shape index (κ2) is 9.98. The van der Waals surface area contributed by atoms with E-state index < -0.39 is 13.7 Å². The van der Waals surface area contributed by atoms with E-state index in [1.807, 2.05) is 43.7 Å². The third kappa shape index (κ3) is 6.28. The van der Waals surface area contributed by atoms with Crippen molar-refractivity contribution in [2.75, 3.05) is 6.54 Å². The van der Waals surface area contributed by atoms with Crippen LogP contribution in [-0.4, -0.2) is 41.0 Å². The van der Waals surface area contributed by atoms with Crippen LogP contribution in [0.2, 0.25) is 29.2 Å². The normalized spacial score (nSPS) is 16.6. The highest BCUT2D eigenvalue weighted by atomic mass is 35.5. The fourth-order valence-electron chi connectivity index (χ4n) is 4.29. The number of halogens is 1. The number of fused-ring (bicyclic) bond motifs is 1. The molecule has 0 aliphatic carbocycles. The Labute approximate surface area is 216 Å². The van der Waals surface area contributed by atoms with Crippen LogP contribution in [0.5, 0.6) is 0 Å². The topological polar surface area (TPSA) is 71.2 Å². The largest absolute Gasteiger partial charge is 0.444 e. The number of carbonyl (C=O) groups excluding carboxylic acids is 1. The minimum atomic E-state index is -1.43. The van der Waals surface area contributed by atoms with E-state index in [2.05, 4.69) is 39.9 Å². The van der Waals surface area contributed by atoms with Crippen LogP contribution in [-0.2, 0) is 11.3 Å². The molecule has 2 aromatic rings. The fraction of sp³-hybridized carbons (Fsp3) is 0.593. The Balaban J connectivity index is 1.97. The van der Waals surface area contributed by atoms with Crippen molar-refractivity contribution in [3.05, 3.63) is 40.5 Å². The molecule has 1 atom stereocenters. The van der Waals surface area contributed by atoms with Crippen molar-refractivity contribution in [2.24, 2.45) is 0 Å². The number of hydrogen-bond donors (Lipinski definition) is 0. The number of amides is 1. The SMILES string of the molecule is CC(C)(C)OC(=O)N1Cc2c(C#N)c(-c3cccc(Cl)c3)nn2C(CCC[Si](C)(C)C(C)(C)C)C1. The molecule has 0 bridgehead atoms. The van der Waals surface area contributed by atoms with E-state index in [4.69, 9.17) is 21.4 Å². The van der Waals surface area contributed by atoms with Gasteiger partial charge in [0.1, 0.15) is 22.9 Å². The second-order valence-electron chi connectivity index (χ2n) is 12.3. The fourth-order valence-corrected chi connectivity index (χ4v) is 6.32. The van der Waals surface area contributed by atoms with Gasteiger partial charge in [0.15, 0.2) is 0 Å². The number of ether oxygens (including phenoxy) is 1. The Morgan fingerprint density at radius 3 is 2.51 bits per heavy atom. The molecule has 1 aromatic carbocycles. The highest BCUT2D eigenvalue weighted by Gasteiger charge is 2.37. The van der Waals surface area contributed by atoms with E-state index in [0.717, 1.165) is 24.1 Å². The molecule has 8 heteroatoms. The molecule has 2 heterocycles. The number of carbonyl (C=O) groups is 1. The summed E-state index contributed by atoms with van der Waals surface area (Å²) in [6, 6.07) is 10.9. The van der Waals surface area contributed by atoms with Crippen LogP contribution in [0.3, 0.4) is 0 Å². The summed E-state index contributed by atoms with van der Waals surface area (Å²) >= 11 is 6.24. The molecule has 0 saturated carbocycles. The first-order valence-corrected chi connectivity index (χ1v) is 16.0. The highest BCUT2D eigenvalue weighted by molar-refractivity contribution is 6.80. The summed E-state index contributed by atoms with van der Waals surface area (Å²) in [5.41, 5.74) is 2.09. The summed E-state index contributed by atoms with van der Waals surface area (Å²) in [4.78, 5) is 14.8. The number of nitrogens with zero attached hydrogens (tertiary/aromatic N) is 4. The predicted molar refractivity (Wildman–Crippen MR) is 144 cm³/mol. The summed E-state index contributed by atoms with van der Waals surface area (Å²) < 4.78 is 7.68. The van der Waals surface area contributed by atoms with Crippen LogP contribution in [0.25, 0.3) is 11.3 Å². The minimum absolute atomic E-state index is 0.0175. The van der Waals surface area contributed by atoms with Gasteiger partial charge >= 0.3 is 6.09 Å². The van der Waals surface area contributed by atoms with Gasteiger partial charge in [-0.2, -0.15) is 10.4 Å². The van der Waals surface area contributed by atoms with Crippen molar-refractivity contribution in [3.8, 4) is 17.3 Å². The van der Waals surface area contributed by atoms with Crippen LogP contribution in [0.1, 0.15) is 71.7 Å². The van der Waals surface area contributed by atoms with Crippen molar-refractivity contribution in [1.82, 2.24) is 14.7 Å². The number of nitriles is 1. The monoisotopic (exact) mass is 514 g/mol. The first-order chi connectivity index (χ1) is 16.1. The molecule has 1 unspecified atom stereocenters. The number of rotatable bonds is 5. The van der Waals surface area contributed by atoms with Crippen LogP contribution >= 0.6 is 11.6 Å². The van der Waals surface area contributed by atoms with E-state index in [-0.39, 0.29) is 12.1 Å². The van der Waals surface area contributed by atoms with Crippen molar-refractivity contribution in [3.63, 3.8) is 0 Å². The molecule has 1 aliphatic heterocycles. The van der Waals surface area contributed by atoms with Crippen LogP contribution in [0.15, 0.2) is 24.3 Å². The Hall–Kier alpha value is -2.30. The minimum Gasteiger partial charge on any atom is -0.444 e. The van der Waals surface area contributed by atoms with Crippen molar-refractivity contribution >= 4 is 25.8 Å². The van der Waals surface area contributed by atoms with E-state index in [1.54, 1.807) is 11.0 Å². The van der Waals surface area contributed by atoms with E-state index >= 15 is 0 Å². The molecular weight excluding hydrogens is 476 g/mol. The van der Waals surface area contributed by atoms with Gasteiger partial charge in [-0.3, -0.25) is 4.68 Å². The third-order valence-corrected chi connectivity index (χ3v) is 13.3. The molecule has 1 aromatic heterocycles. The smallest absolute Gasteiger partial charge is 0.410 e. The summed E-state index contributed by atoms with van der Waals surface area (Å²) in [7, 11) is -1.43. The Kier molecular flexibility index (Phi) is 7.78. The molecule has 0 spiro atoms. The molecule has 1 amide bonds. The Bertz CT molecular complexity index is 1120. The molecular formula is C27H39ClN4O2Si. The highest BCUT2D eigenvalue weighted by Crippen LogP contribution is 2.41. The van der Waals surface area contributed by atoms with Crippen LogP contribution in [0, 0.1) is 11.3 Å². The first kappa shape index (κ1) is 27.3. The van der Waals surface area contributed by atoms with Gasteiger partial charge in [-0.25, -0.2) is 4.79 Å². The average Bonchev–Trinajstić information content (AvgIpc) is 3.10. The lowest BCUT2D eigenvalue weighted by molar-refractivity contribution is 0.0154. The maximum absolute atomic E-state index is 13.0. The number of benzene rings is 1. The zero-order chi connectivity index (χ0) is 26.2. The lowest BCUT2D eigenvalue weighted by Gasteiger charge is -2.38. The Morgan fingerprint density at radius 2 is 1.94 bits per heavy atom. The molecule has 0 radical (unpaired) electrons.